The van der Waals surface area contributed by atoms with E-state index in [2.05, 4.69) is 11.0 Å². The molecule has 0 aliphatic carbocycles. The summed E-state index contributed by atoms with van der Waals surface area (Å²) in [6.45, 7) is 0.836. The molecule has 0 bridgehead atoms. The van der Waals surface area contributed by atoms with Crippen LogP contribution in [0.2, 0.25) is 0 Å². The Morgan fingerprint density at radius 1 is 1.17 bits per heavy atom. The molecule has 0 amide bonds. The normalized spacial score (nSPS) is 13.1. The smallest absolute Gasteiger partial charge is 0.335 e. The molecule has 24 heavy (non-hydrogen) atoms. The van der Waals surface area contributed by atoms with E-state index in [4.69, 9.17) is 14.8 Å². The third-order valence-electron chi connectivity index (χ3n) is 4.37. The van der Waals surface area contributed by atoms with Crippen molar-refractivity contribution in [2.75, 3.05) is 18.6 Å². The van der Waals surface area contributed by atoms with Crippen molar-refractivity contribution in [3.63, 3.8) is 0 Å². The van der Waals surface area contributed by atoms with Crippen molar-refractivity contribution >= 4 is 28.4 Å². The van der Waals surface area contributed by atoms with Crippen molar-refractivity contribution in [1.82, 2.24) is 4.98 Å². The number of aromatic nitrogens is 1. The third kappa shape index (κ3) is 2.34. The maximum absolute atomic E-state index is 11.0. The van der Waals surface area contributed by atoms with E-state index in [-0.39, 0.29) is 5.56 Å². The second-order valence-electron chi connectivity index (χ2n) is 5.78. The molecular formula is C19H16N2O3. The van der Waals surface area contributed by atoms with Gasteiger partial charge in [0, 0.05) is 23.7 Å². The molecule has 4 rings (SSSR count). The Bertz CT molecular complexity index is 935. The van der Waals surface area contributed by atoms with E-state index >= 15 is 0 Å². The monoisotopic (exact) mass is 320 g/mol. The third-order valence-corrected chi connectivity index (χ3v) is 4.37. The Balaban J connectivity index is 1.77. The molecule has 1 N–H and O–H groups in total. The molecule has 120 valence electrons. The highest BCUT2D eigenvalue weighted by atomic mass is 16.5. The van der Waals surface area contributed by atoms with Gasteiger partial charge < -0.3 is 14.7 Å². The van der Waals surface area contributed by atoms with E-state index in [0.717, 1.165) is 41.1 Å². The number of carboxylic acids is 1. The van der Waals surface area contributed by atoms with Gasteiger partial charge in [-0.25, -0.2) is 9.78 Å². The number of carbonyl (C=O) groups is 1. The van der Waals surface area contributed by atoms with E-state index in [0.29, 0.717) is 0 Å². The minimum absolute atomic E-state index is 0.286. The number of hydrogen-bond donors (Lipinski definition) is 1. The molecule has 0 saturated heterocycles. The van der Waals surface area contributed by atoms with Crippen LogP contribution in [-0.4, -0.2) is 29.7 Å². The first-order chi connectivity index (χ1) is 11.7. The van der Waals surface area contributed by atoms with Crippen molar-refractivity contribution in [2.45, 2.75) is 6.42 Å². The van der Waals surface area contributed by atoms with Crippen LogP contribution in [0.25, 0.3) is 10.9 Å². The Hall–Kier alpha value is -3.08. The highest BCUT2D eigenvalue weighted by molar-refractivity contribution is 5.89. The van der Waals surface area contributed by atoms with Crippen LogP contribution in [0.3, 0.4) is 0 Å². The molecule has 1 aliphatic heterocycles. The molecule has 0 fully saturated rings. The Morgan fingerprint density at radius 2 is 1.96 bits per heavy atom. The molecule has 0 radical (unpaired) electrons. The number of pyridine rings is 1. The first kappa shape index (κ1) is 14.5. The van der Waals surface area contributed by atoms with Crippen LogP contribution in [0.1, 0.15) is 15.9 Å². The van der Waals surface area contributed by atoms with Gasteiger partial charge in [0.05, 0.1) is 18.2 Å². The lowest BCUT2D eigenvalue weighted by Gasteiger charge is -2.19. The number of methoxy groups -OCH3 is 1. The number of carboxylic acid groups (broad SMARTS) is 1. The first-order valence-corrected chi connectivity index (χ1v) is 7.74. The molecular weight excluding hydrogens is 304 g/mol. The summed E-state index contributed by atoms with van der Waals surface area (Å²) in [5, 5.41) is 10.1. The Labute approximate surface area is 139 Å². The topological polar surface area (TPSA) is 62.7 Å². The fraction of sp³-hybridized carbons (Fsp3) is 0.158. The maximum atomic E-state index is 11.0. The van der Waals surface area contributed by atoms with E-state index < -0.39 is 5.97 Å². The van der Waals surface area contributed by atoms with Gasteiger partial charge in [-0.3, -0.25) is 0 Å². The van der Waals surface area contributed by atoms with Crippen molar-refractivity contribution in [3.8, 4) is 5.75 Å². The van der Waals surface area contributed by atoms with Crippen molar-refractivity contribution in [3.05, 3.63) is 59.7 Å². The number of anilines is 2. The highest BCUT2D eigenvalue weighted by Crippen LogP contribution is 2.35. The predicted octanol–water partition coefficient (Wildman–Crippen LogP) is 3.64. The van der Waals surface area contributed by atoms with Gasteiger partial charge in [-0.1, -0.05) is 0 Å². The summed E-state index contributed by atoms with van der Waals surface area (Å²) in [7, 11) is 1.64. The molecule has 0 spiro atoms. The van der Waals surface area contributed by atoms with Crippen LogP contribution in [-0.2, 0) is 6.42 Å². The zero-order valence-electron chi connectivity index (χ0n) is 13.2. The van der Waals surface area contributed by atoms with E-state index in [1.54, 1.807) is 19.2 Å². The molecule has 5 nitrogen and oxygen atoms in total. The first-order valence-electron chi connectivity index (χ1n) is 7.74. The van der Waals surface area contributed by atoms with Gasteiger partial charge >= 0.3 is 5.97 Å². The molecule has 5 heteroatoms. The Morgan fingerprint density at radius 3 is 2.67 bits per heavy atom. The van der Waals surface area contributed by atoms with Crippen LogP contribution >= 0.6 is 0 Å². The highest BCUT2D eigenvalue weighted by Gasteiger charge is 2.23. The lowest BCUT2D eigenvalue weighted by molar-refractivity contribution is 0.0697. The standard InChI is InChI=1S/C19H16N2O3/c1-24-16-7-4-13-10-14-8-9-21(18(14)20-17(13)11-16)15-5-2-12(3-6-15)19(22)23/h2-7,10-11H,8-9H2,1H3,(H,22,23). The molecule has 0 atom stereocenters. The van der Waals surface area contributed by atoms with Gasteiger partial charge in [0.1, 0.15) is 11.6 Å². The van der Waals surface area contributed by atoms with Gasteiger partial charge in [-0.2, -0.15) is 0 Å². The molecule has 1 aliphatic rings. The van der Waals surface area contributed by atoms with Gasteiger partial charge in [0.15, 0.2) is 0 Å². The predicted molar refractivity (Wildman–Crippen MR) is 92.4 cm³/mol. The maximum Gasteiger partial charge on any atom is 0.335 e. The average Bonchev–Trinajstić information content (AvgIpc) is 3.02. The summed E-state index contributed by atoms with van der Waals surface area (Å²) in [4.78, 5) is 17.9. The quantitative estimate of drug-likeness (QED) is 0.798. The minimum Gasteiger partial charge on any atom is -0.497 e. The van der Waals surface area contributed by atoms with E-state index in [9.17, 15) is 4.79 Å². The molecule has 0 unspecified atom stereocenters. The summed E-state index contributed by atoms with van der Waals surface area (Å²) >= 11 is 0. The number of hydrogen-bond acceptors (Lipinski definition) is 4. The lowest BCUT2D eigenvalue weighted by atomic mass is 10.1. The van der Waals surface area contributed by atoms with Crippen molar-refractivity contribution < 1.29 is 14.6 Å². The number of ether oxygens (including phenoxy) is 1. The second-order valence-corrected chi connectivity index (χ2v) is 5.78. The van der Waals surface area contributed by atoms with Crippen LogP contribution in [0.15, 0.2) is 48.5 Å². The zero-order valence-corrected chi connectivity index (χ0v) is 13.2. The summed E-state index contributed by atoms with van der Waals surface area (Å²) in [5.74, 6) is 0.795. The summed E-state index contributed by atoms with van der Waals surface area (Å²) in [6, 6.07) is 15.0. The minimum atomic E-state index is -0.917. The second kappa shape index (κ2) is 5.53. The molecule has 2 heterocycles. The number of benzene rings is 2. The van der Waals surface area contributed by atoms with Crippen molar-refractivity contribution in [2.24, 2.45) is 0 Å². The molecule has 1 aromatic heterocycles. The van der Waals surface area contributed by atoms with Crippen LogP contribution in [0.5, 0.6) is 5.75 Å². The van der Waals surface area contributed by atoms with Crippen molar-refractivity contribution in [1.29, 1.82) is 0 Å². The summed E-state index contributed by atoms with van der Waals surface area (Å²) in [5.41, 5.74) is 3.33. The van der Waals surface area contributed by atoms with E-state index in [1.807, 2.05) is 30.3 Å². The molecule has 3 aromatic rings. The van der Waals surface area contributed by atoms with E-state index in [1.165, 1.54) is 5.56 Å². The zero-order chi connectivity index (χ0) is 16.7. The SMILES string of the molecule is COc1ccc2cc3c(nc2c1)N(c1ccc(C(=O)O)cc1)CC3. The fourth-order valence-corrected chi connectivity index (χ4v) is 3.10. The van der Waals surface area contributed by atoms with Gasteiger partial charge in [0.2, 0.25) is 0 Å². The largest absolute Gasteiger partial charge is 0.497 e. The summed E-state index contributed by atoms with van der Waals surface area (Å²) in [6.07, 6.45) is 0.922. The fourth-order valence-electron chi connectivity index (χ4n) is 3.10. The Kier molecular flexibility index (Phi) is 3.34. The van der Waals surface area contributed by atoms with Crippen LogP contribution in [0.4, 0.5) is 11.5 Å². The van der Waals surface area contributed by atoms with Crippen LogP contribution < -0.4 is 9.64 Å². The average molecular weight is 320 g/mol. The van der Waals surface area contributed by atoms with Gasteiger partial charge in [-0.15, -0.1) is 0 Å². The molecule has 2 aromatic carbocycles. The summed E-state index contributed by atoms with van der Waals surface area (Å²) < 4.78 is 5.28. The number of aromatic carboxylic acids is 1. The lowest BCUT2D eigenvalue weighted by Crippen LogP contribution is -2.14. The number of nitrogens with zero attached hydrogens (tertiary/aromatic N) is 2. The number of rotatable bonds is 3. The van der Waals surface area contributed by atoms with Gasteiger partial charge in [-0.05, 0) is 54.4 Å². The van der Waals surface area contributed by atoms with Crippen LogP contribution in [0, 0.1) is 0 Å². The number of fused-ring (bicyclic) bond motifs is 2. The van der Waals surface area contributed by atoms with Gasteiger partial charge in [0.25, 0.3) is 0 Å². The molecule has 0 saturated carbocycles.